The lowest BCUT2D eigenvalue weighted by molar-refractivity contribution is -0.131. The van der Waals surface area contributed by atoms with Crippen molar-refractivity contribution in [2.45, 2.75) is 30.8 Å². The largest absolute Gasteiger partial charge is 0.344 e. The summed E-state index contributed by atoms with van der Waals surface area (Å²) in [5, 5.41) is 4.74. The van der Waals surface area contributed by atoms with Gasteiger partial charge in [0.1, 0.15) is 5.54 Å². The number of benzene rings is 1. The summed E-state index contributed by atoms with van der Waals surface area (Å²) < 4.78 is 0. The first kappa shape index (κ1) is 18.8. The second kappa shape index (κ2) is 7.15. The van der Waals surface area contributed by atoms with Crippen LogP contribution in [0, 0.1) is 0 Å². The minimum absolute atomic E-state index is 0. The molecule has 2 atom stereocenters. The van der Waals surface area contributed by atoms with Crippen LogP contribution < -0.4 is 5.32 Å². The first-order valence-corrected chi connectivity index (χ1v) is 9.50. The number of carbonyl (C=O) groups is 1. The van der Waals surface area contributed by atoms with Gasteiger partial charge < -0.3 is 4.90 Å². The summed E-state index contributed by atoms with van der Waals surface area (Å²) in [6.45, 7) is 0.827. The molecule has 144 valence electrons. The fourth-order valence-electron chi connectivity index (χ4n) is 4.53. The van der Waals surface area contributed by atoms with Crippen molar-refractivity contribution in [1.82, 2.24) is 20.2 Å². The van der Waals surface area contributed by atoms with Crippen LogP contribution in [0.5, 0.6) is 0 Å². The van der Waals surface area contributed by atoms with Gasteiger partial charge >= 0.3 is 0 Å². The fourth-order valence-corrected chi connectivity index (χ4v) is 4.53. The minimum Gasteiger partial charge on any atom is -0.344 e. The number of rotatable bonds is 2. The van der Waals surface area contributed by atoms with Gasteiger partial charge in [-0.25, -0.2) is 0 Å². The lowest BCUT2D eigenvalue weighted by Crippen LogP contribution is -2.47. The van der Waals surface area contributed by atoms with Gasteiger partial charge in [0.25, 0.3) is 0 Å². The summed E-state index contributed by atoms with van der Waals surface area (Å²) in [5.74, 6) is 0.222. The number of nitrogens with zero attached hydrogens (tertiary/aromatic N) is 3. The number of aromatic nitrogens is 2. The van der Waals surface area contributed by atoms with Crippen molar-refractivity contribution in [3.05, 3.63) is 60.6 Å². The van der Waals surface area contributed by atoms with E-state index in [0.29, 0.717) is 0 Å². The third kappa shape index (κ3) is 2.95. The number of halogens is 1. The molecule has 2 aromatic heterocycles. The molecule has 0 bridgehead atoms. The van der Waals surface area contributed by atoms with Crippen LogP contribution in [0.25, 0.3) is 22.0 Å². The van der Waals surface area contributed by atoms with Crippen LogP contribution in [0.1, 0.15) is 31.0 Å². The molecule has 2 aliphatic heterocycles. The molecule has 5 rings (SSSR count). The molecule has 3 aromatic rings. The van der Waals surface area contributed by atoms with Gasteiger partial charge in [0.05, 0.1) is 17.3 Å². The van der Waals surface area contributed by atoms with Gasteiger partial charge in [0.2, 0.25) is 5.91 Å². The summed E-state index contributed by atoms with van der Waals surface area (Å²) in [7, 11) is 1.89. The van der Waals surface area contributed by atoms with Crippen LogP contribution in [0.2, 0.25) is 0 Å². The molecule has 0 unspecified atom stereocenters. The Morgan fingerprint density at radius 2 is 1.96 bits per heavy atom. The molecule has 0 radical (unpaired) electrons. The van der Waals surface area contributed by atoms with Crippen LogP contribution in [-0.2, 0) is 4.79 Å². The maximum Gasteiger partial charge on any atom is 0.242 e. The van der Waals surface area contributed by atoms with E-state index in [1.807, 2.05) is 36.5 Å². The zero-order chi connectivity index (χ0) is 18.4. The number of hydrogen-bond acceptors (Lipinski definition) is 4. The molecule has 28 heavy (non-hydrogen) atoms. The zero-order valence-corrected chi connectivity index (χ0v) is 16.6. The second-order valence-electron chi connectivity index (χ2n) is 7.64. The monoisotopic (exact) mass is 394 g/mol. The topological polar surface area (TPSA) is 58.1 Å². The molecule has 1 aromatic carbocycles. The number of carbonyl (C=O) groups excluding carboxylic acids is 1. The van der Waals surface area contributed by atoms with Crippen molar-refractivity contribution in [2.24, 2.45) is 0 Å². The third-order valence-corrected chi connectivity index (χ3v) is 6.02. The predicted molar refractivity (Wildman–Crippen MR) is 112 cm³/mol. The molecule has 1 spiro atoms. The van der Waals surface area contributed by atoms with E-state index in [4.69, 9.17) is 0 Å². The molecule has 6 heteroatoms. The third-order valence-electron chi connectivity index (χ3n) is 6.02. The van der Waals surface area contributed by atoms with Crippen LogP contribution in [0.3, 0.4) is 0 Å². The lowest BCUT2D eigenvalue weighted by atomic mass is 9.96. The van der Waals surface area contributed by atoms with E-state index < -0.39 is 5.54 Å². The van der Waals surface area contributed by atoms with Gasteiger partial charge in [-0.3, -0.25) is 20.1 Å². The standard InChI is InChI=1S/C22H22N4O.ClH/c1-26-13-10-22(21(26)27)9-7-18(25-22)19-14-16(8-12-23-19)17-6-2-4-15-5-3-11-24-20(15)17;/h2-6,8,11-12,14,18,25H,7,9-10,13H2,1H3;1H/t18-,22+;/m1./s1. The Balaban J connectivity index is 0.00000192. The van der Waals surface area contributed by atoms with Gasteiger partial charge in [-0.15, -0.1) is 12.4 Å². The molecule has 2 fully saturated rings. The van der Waals surface area contributed by atoms with Crippen molar-refractivity contribution in [3.63, 3.8) is 0 Å². The Morgan fingerprint density at radius 1 is 1.11 bits per heavy atom. The van der Waals surface area contributed by atoms with E-state index >= 15 is 0 Å². The van der Waals surface area contributed by atoms with E-state index in [1.54, 1.807) is 0 Å². The Labute approximate surface area is 170 Å². The van der Waals surface area contributed by atoms with Gasteiger partial charge in [0, 0.05) is 36.9 Å². The van der Waals surface area contributed by atoms with E-state index in [1.165, 1.54) is 0 Å². The molecule has 0 aliphatic carbocycles. The summed E-state index contributed by atoms with van der Waals surface area (Å²) in [4.78, 5) is 23.6. The predicted octanol–water partition coefficient (Wildman–Crippen LogP) is 3.74. The zero-order valence-electron chi connectivity index (χ0n) is 15.8. The van der Waals surface area contributed by atoms with E-state index in [0.717, 1.165) is 53.5 Å². The average molecular weight is 395 g/mol. The first-order valence-electron chi connectivity index (χ1n) is 9.50. The Morgan fingerprint density at radius 3 is 2.79 bits per heavy atom. The Hall–Kier alpha value is -2.50. The smallest absolute Gasteiger partial charge is 0.242 e. The van der Waals surface area contributed by atoms with Gasteiger partial charge in [-0.05, 0) is 43.0 Å². The maximum absolute atomic E-state index is 12.6. The van der Waals surface area contributed by atoms with Gasteiger partial charge in [0.15, 0.2) is 0 Å². The number of fused-ring (bicyclic) bond motifs is 1. The fraction of sp³-hybridized carbons (Fsp3) is 0.318. The van der Waals surface area contributed by atoms with E-state index in [-0.39, 0.29) is 24.4 Å². The molecule has 2 aliphatic rings. The Kier molecular flexibility index (Phi) is 4.81. The molecule has 1 amide bonds. The number of nitrogens with one attached hydrogen (secondary N) is 1. The molecule has 5 nitrogen and oxygen atoms in total. The highest BCUT2D eigenvalue weighted by Gasteiger charge is 2.50. The van der Waals surface area contributed by atoms with Crippen LogP contribution in [-0.4, -0.2) is 39.9 Å². The first-order chi connectivity index (χ1) is 13.2. The van der Waals surface area contributed by atoms with Crippen molar-refractivity contribution < 1.29 is 4.79 Å². The number of likely N-dealkylation sites (tertiary alicyclic amines) is 1. The van der Waals surface area contributed by atoms with Crippen molar-refractivity contribution in [2.75, 3.05) is 13.6 Å². The van der Waals surface area contributed by atoms with Gasteiger partial charge in [-0.1, -0.05) is 24.3 Å². The van der Waals surface area contributed by atoms with Crippen LogP contribution >= 0.6 is 12.4 Å². The molecule has 2 saturated heterocycles. The van der Waals surface area contributed by atoms with E-state index in [9.17, 15) is 4.79 Å². The number of amides is 1. The summed E-state index contributed by atoms with van der Waals surface area (Å²) in [6, 6.07) is 14.6. The lowest BCUT2D eigenvalue weighted by Gasteiger charge is -2.23. The molecule has 4 heterocycles. The number of likely N-dealkylation sites (N-methyl/N-ethyl adjacent to an activating group) is 1. The molecule has 1 N–H and O–H groups in total. The molecular formula is C22H23ClN4O. The summed E-state index contributed by atoms with van der Waals surface area (Å²) in [6.07, 6.45) is 6.39. The van der Waals surface area contributed by atoms with Gasteiger partial charge in [-0.2, -0.15) is 0 Å². The maximum atomic E-state index is 12.6. The highest BCUT2D eigenvalue weighted by molar-refractivity contribution is 5.93. The van der Waals surface area contributed by atoms with Crippen LogP contribution in [0.15, 0.2) is 54.9 Å². The van der Waals surface area contributed by atoms with Crippen molar-refractivity contribution in [3.8, 4) is 11.1 Å². The van der Waals surface area contributed by atoms with Crippen LogP contribution in [0.4, 0.5) is 0 Å². The summed E-state index contributed by atoms with van der Waals surface area (Å²) >= 11 is 0. The normalized spacial score (nSPS) is 24.1. The second-order valence-corrected chi connectivity index (χ2v) is 7.64. The molecular weight excluding hydrogens is 372 g/mol. The van der Waals surface area contributed by atoms with Crippen molar-refractivity contribution >= 4 is 29.2 Å². The molecule has 0 saturated carbocycles. The highest BCUT2D eigenvalue weighted by Crippen LogP contribution is 2.39. The van der Waals surface area contributed by atoms with E-state index in [2.05, 4.69) is 45.6 Å². The number of pyridine rings is 2. The number of para-hydroxylation sites is 1. The Bertz CT molecular complexity index is 1030. The minimum atomic E-state index is -0.391. The quantitative estimate of drug-likeness (QED) is 0.719. The average Bonchev–Trinajstić information content (AvgIpc) is 3.27. The number of hydrogen-bond donors (Lipinski definition) is 1. The SMILES string of the molecule is CN1CC[C@@]2(CC[C@H](c3cc(-c4cccc5cccnc45)ccn3)N2)C1=O.Cl. The van der Waals surface area contributed by atoms with Crippen molar-refractivity contribution in [1.29, 1.82) is 0 Å². The highest BCUT2D eigenvalue weighted by atomic mass is 35.5. The summed E-state index contributed by atoms with van der Waals surface area (Å²) in [5.41, 5.74) is 3.83.